The van der Waals surface area contributed by atoms with E-state index in [1.54, 1.807) is 0 Å². The molecule has 0 aliphatic heterocycles. The Labute approximate surface area is 60.9 Å². The van der Waals surface area contributed by atoms with E-state index in [-0.39, 0.29) is 4.15 Å². The van der Waals surface area contributed by atoms with Crippen molar-refractivity contribution in [3.63, 3.8) is 0 Å². The fraction of sp³-hybridized carbons (Fsp3) is 0.667. The molecule has 0 aromatic rings. The molecule has 48 valence electrons. The van der Waals surface area contributed by atoms with Crippen molar-refractivity contribution in [3.8, 4) is 0 Å². The van der Waals surface area contributed by atoms with E-state index in [1.165, 1.54) is 0 Å². The summed E-state index contributed by atoms with van der Waals surface area (Å²) in [5, 5.41) is 8.17. The molecule has 0 spiro atoms. The quantitative estimate of drug-likeness (QED) is 0.377. The van der Waals surface area contributed by atoms with Crippen LogP contribution in [-0.2, 0) is 4.79 Å². The Kier molecular flexibility index (Phi) is 3.47. The third kappa shape index (κ3) is 2.57. The van der Waals surface area contributed by atoms with Gasteiger partial charge in [-0.1, -0.05) is 0 Å². The number of carbonyl (C=O) groups is 1. The summed E-state index contributed by atoms with van der Waals surface area (Å²) in [7, 11) is 0. The number of carboxylic acids is 1. The topological polar surface area (TPSA) is 63.3 Å². The SMILES string of the molecule is N[C@H](C(=O)O)C(S)[SeH]. The molecule has 2 atom stereocenters. The molecule has 0 aromatic heterocycles. The van der Waals surface area contributed by atoms with E-state index in [0.717, 1.165) is 0 Å². The normalized spacial score (nSPS) is 17.4. The van der Waals surface area contributed by atoms with Crippen LogP contribution in [0.15, 0.2) is 0 Å². The number of thiol groups is 1. The number of carboxylic acid groups (broad SMARTS) is 1. The second kappa shape index (κ2) is 3.35. The number of hydrogen-bond acceptors (Lipinski definition) is 3. The van der Waals surface area contributed by atoms with Crippen LogP contribution in [0.2, 0.25) is 0 Å². The number of nitrogens with two attached hydrogens (primary N) is 1. The zero-order chi connectivity index (χ0) is 6.73. The molecule has 0 radical (unpaired) electrons. The standard InChI is InChI=1S/C3H7NO2SSe/c4-1(2(5)6)3(7)8/h1,3,7-8H,4H2,(H,5,6)/t1-,3?/m1/s1. The van der Waals surface area contributed by atoms with Crippen molar-refractivity contribution in [1.29, 1.82) is 0 Å². The first-order valence-electron chi connectivity index (χ1n) is 1.90. The van der Waals surface area contributed by atoms with Crippen LogP contribution in [0.4, 0.5) is 0 Å². The van der Waals surface area contributed by atoms with E-state index in [9.17, 15) is 4.79 Å². The monoisotopic (exact) mass is 201 g/mol. The van der Waals surface area contributed by atoms with Crippen LogP contribution in [-0.4, -0.2) is 37.3 Å². The summed E-state index contributed by atoms with van der Waals surface area (Å²) >= 11 is 5.86. The van der Waals surface area contributed by atoms with Crippen molar-refractivity contribution in [3.05, 3.63) is 0 Å². The van der Waals surface area contributed by atoms with Gasteiger partial charge in [-0.2, -0.15) is 0 Å². The zero-order valence-corrected chi connectivity index (χ0v) is 6.75. The first kappa shape index (κ1) is 8.30. The van der Waals surface area contributed by atoms with Gasteiger partial charge in [0.1, 0.15) is 0 Å². The van der Waals surface area contributed by atoms with Gasteiger partial charge in [0.2, 0.25) is 0 Å². The summed E-state index contributed by atoms with van der Waals surface area (Å²) in [5.41, 5.74) is 5.07. The Morgan fingerprint density at radius 1 is 1.88 bits per heavy atom. The third-order valence-electron chi connectivity index (χ3n) is 0.606. The molecule has 0 saturated heterocycles. The predicted molar refractivity (Wildman–Crippen MR) is 35.5 cm³/mol. The van der Waals surface area contributed by atoms with Crippen molar-refractivity contribution in [1.82, 2.24) is 0 Å². The van der Waals surface area contributed by atoms with E-state index in [1.807, 2.05) is 0 Å². The molecule has 0 aliphatic rings. The molecule has 0 rings (SSSR count). The van der Waals surface area contributed by atoms with Gasteiger partial charge in [-0.05, 0) is 0 Å². The summed E-state index contributed by atoms with van der Waals surface area (Å²) in [4.78, 5) is 9.96. The first-order valence-corrected chi connectivity index (χ1v) is 3.50. The van der Waals surface area contributed by atoms with Gasteiger partial charge in [0.05, 0.1) is 0 Å². The summed E-state index contributed by atoms with van der Waals surface area (Å²) in [6, 6.07) is -0.877. The van der Waals surface area contributed by atoms with Gasteiger partial charge in [-0.15, -0.1) is 0 Å². The maximum atomic E-state index is 9.96. The second-order valence-electron chi connectivity index (χ2n) is 1.28. The van der Waals surface area contributed by atoms with Gasteiger partial charge in [-0.3, -0.25) is 0 Å². The molecule has 0 heterocycles. The van der Waals surface area contributed by atoms with Crippen LogP contribution in [0, 0.1) is 0 Å². The fourth-order valence-corrected chi connectivity index (χ4v) is 0.523. The van der Waals surface area contributed by atoms with E-state index < -0.39 is 12.0 Å². The summed E-state index contributed by atoms with van der Waals surface area (Å²) < 4.78 is -0.347. The zero-order valence-electron chi connectivity index (χ0n) is 3.98. The first-order chi connectivity index (χ1) is 3.55. The predicted octanol–water partition coefficient (Wildman–Crippen LogP) is -1.45. The van der Waals surface area contributed by atoms with Crippen LogP contribution in [0.25, 0.3) is 0 Å². The Morgan fingerprint density at radius 3 is 2.25 bits per heavy atom. The van der Waals surface area contributed by atoms with Gasteiger partial charge in [0.25, 0.3) is 0 Å². The van der Waals surface area contributed by atoms with Crippen molar-refractivity contribution in [2.75, 3.05) is 0 Å². The average molecular weight is 200 g/mol. The number of aliphatic carboxylic acids is 1. The van der Waals surface area contributed by atoms with E-state index in [0.29, 0.717) is 0 Å². The molecule has 0 aliphatic carbocycles. The molecule has 1 unspecified atom stereocenters. The van der Waals surface area contributed by atoms with Gasteiger partial charge >= 0.3 is 60.4 Å². The summed E-state index contributed by atoms with van der Waals surface area (Å²) in [6.45, 7) is 0. The Hall–Kier alpha value is 0.299. The minimum absolute atomic E-state index is 0.347. The van der Waals surface area contributed by atoms with Crippen molar-refractivity contribution < 1.29 is 9.90 Å². The molecule has 0 bridgehead atoms. The molecule has 5 heteroatoms. The number of rotatable bonds is 2. The average Bonchev–Trinajstić information content (AvgIpc) is 1.64. The van der Waals surface area contributed by atoms with Crippen LogP contribution in [0.5, 0.6) is 0 Å². The number of hydrogen-bond donors (Lipinski definition) is 3. The van der Waals surface area contributed by atoms with Crippen LogP contribution >= 0.6 is 12.6 Å². The second-order valence-corrected chi connectivity index (χ2v) is 3.89. The maximum absolute atomic E-state index is 9.96. The molecule has 3 N–H and O–H groups in total. The molecule has 0 aromatic carbocycles. The minimum atomic E-state index is -1.02. The van der Waals surface area contributed by atoms with Crippen LogP contribution in [0.3, 0.4) is 0 Å². The van der Waals surface area contributed by atoms with E-state index >= 15 is 0 Å². The molecule has 8 heavy (non-hydrogen) atoms. The Balaban J connectivity index is 3.64. The van der Waals surface area contributed by atoms with Gasteiger partial charge in [0.15, 0.2) is 0 Å². The van der Waals surface area contributed by atoms with Crippen molar-refractivity contribution >= 4 is 34.6 Å². The summed E-state index contributed by atoms with van der Waals surface area (Å²) in [5.74, 6) is -1.02. The van der Waals surface area contributed by atoms with Gasteiger partial charge in [0, 0.05) is 0 Å². The molecular formula is C3H7NO2SSe. The van der Waals surface area contributed by atoms with Crippen LogP contribution < -0.4 is 5.73 Å². The van der Waals surface area contributed by atoms with E-state index in [2.05, 4.69) is 28.6 Å². The van der Waals surface area contributed by atoms with Crippen LogP contribution in [0.1, 0.15) is 0 Å². The molecule has 3 nitrogen and oxygen atoms in total. The molecule has 0 fully saturated rings. The summed E-state index contributed by atoms with van der Waals surface area (Å²) in [6.07, 6.45) is 0. The van der Waals surface area contributed by atoms with Crippen molar-refractivity contribution in [2.45, 2.75) is 10.2 Å². The Bertz CT molecular complexity index is 97.3. The van der Waals surface area contributed by atoms with Crippen molar-refractivity contribution in [2.24, 2.45) is 5.73 Å². The van der Waals surface area contributed by atoms with E-state index in [4.69, 9.17) is 10.8 Å². The fourth-order valence-electron chi connectivity index (χ4n) is 0.128. The van der Waals surface area contributed by atoms with Gasteiger partial charge < -0.3 is 0 Å². The molecule has 0 saturated carbocycles. The molecule has 0 amide bonds. The molecular weight excluding hydrogens is 193 g/mol. The Morgan fingerprint density at radius 2 is 2.25 bits per heavy atom. The van der Waals surface area contributed by atoms with Gasteiger partial charge in [-0.25, -0.2) is 0 Å². The third-order valence-corrected chi connectivity index (χ3v) is 1.60.